The molecule has 0 radical (unpaired) electrons. The molecule has 0 aliphatic heterocycles. The number of hydrogen-bond acceptors (Lipinski definition) is 1. The van der Waals surface area contributed by atoms with Crippen LogP contribution < -0.4 is 5.32 Å². The molecule has 0 unspecified atom stereocenters. The first-order chi connectivity index (χ1) is 5.24. The SMILES string of the molecule is C=C/C(=C\C)CCC(=O)NC. The highest BCUT2D eigenvalue weighted by Gasteiger charge is 1.97. The van der Waals surface area contributed by atoms with Crippen LogP contribution in [0, 0.1) is 0 Å². The van der Waals surface area contributed by atoms with Crippen molar-refractivity contribution in [1.29, 1.82) is 0 Å². The van der Waals surface area contributed by atoms with Crippen molar-refractivity contribution in [3.63, 3.8) is 0 Å². The number of nitrogens with one attached hydrogen (secondary N) is 1. The lowest BCUT2D eigenvalue weighted by Crippen LogP contribution is -2.17. The summed E-state index contributed by atoms with van der Waals surface area (Å²) in [6.07, 6.45) is 5.07. The molecule has 0 atom stereocenters. The number of amides is 1. The number of hydrogen-bond donors (Lipinski definition) is 1. The van der Waals surface area contributed by atoms with Crippen LogP contribution in [0.1, 0.15) is 19.8 Å². The topological polar surface area (TPSA) is 29.1 Å². The van der Waals surface area contributed by atoms with E-state index in [1.165, 1.54) is 0 Å². The third kappa shape index (κ3) is 4.37. The highest BCUT2D eigenvalue weighted by Crippen LogP contribution is 2.04. The summed E-state index contributed by atoms with van der Waals surface area (Å²) >= 11 is 0. The number of carbonyl (C=O) groups excluding carboxylic acids is 1. The highest BCUT2D eigenvalue weighted by molar-refractivity contribution is 5.75. The molecule has 2 heteroatoms. The summed E-state index contributed by atoms with van der Waals surface area (Å²) in [7, 11) is 1.64. The first kappa shape index (κ1) is 9.95. The molecule has 0 spiro atoms. The van der Waals surface area contributed by atoms with Gasteiger partial charge in [-0.15, -0.1) is 0 Å². The molecule has 0 aliphatic rings. The van der Waals surface area contributed by atoms with E-state index in [1.807, 2.05) is 13.0 Å². The molecule has 0 aromatic heterocycles. The van der Waals surface area contributed by atoms with E-state index in [9.17, 15) is 4.79 Å². The van der Waals surface area contributed by atoms with E-state index in [1.54, 1.807) is 13.1 Å². The van der Waals surface area contributed by atoms with E-state index in [-0.39, 0.29) is 5.91 Å². The standard InChI is InChI=1S/C9H15NO/c1-4-8(5-2)6-7-9(11)10-3/h4-5H,1,6-7H2,2-3H3,(H,10,11)/b8-5+. The zero-order chi connectivity index (χ0) is 8.69. The molecule has 0 aliphatic carbocycles. The minimum absolute atomic E-state index is 0.0752. The largest absolute Gasteiger partial charge is 0.359 e. The van der Waals surface area contributed by atoms with Gasteiger partial charge in [0.05, 0.1) is 0 Å². The first-order valence-corrected chi connectivity index (χ1v) is 3.72. The fourth-order valence-electron chi connectivity index (χ4n) is 0.747. The van der Waals surface area contributed by atoms with Crippen LogP contribution in [0.2, 0.25) is 0 Å². The minimum Gasteiger partial charge on any atom is -0.359 e. The second kappa shape index (κ2) is 5.71. The summed E-state index contributed by atoms with van der Waals surface area (Å²) in [5.41, 5.74) is 1.12. The molecule has 0 heterocycles. The molecule has 0 fully saturated rings. The number of carbonyl (C=O) groups is 1. The molecular formula is C9H15NO. The van der Waals surface area contributed by atoms with Crippen molar-refractivity contribution < 1.29 is 4.79 Å². The molecule has 1 N–H and O–H groups in total. The lowest BCUT2D eigenvalue weighted by molar-refractivity contribution is -0.120. The Bertz CT molecular complexity index is 170. The van der Waals surface area contributed by atoms with Crippen molar-refractivity contribution in [1.82, 2.24) is 5.32 Å². The minimum atomic E-state index is 0.0752. The zero-order valence-electron chi connectivity index (χ0n) is 7.18. The summed E-state index contributed by atoms with van der Waals surface area (Å²) in [6, 6.07) is 0. The Labute approximate surface area is 68.0 Å². The third-order valence-corrected chi connectivity index (χ3v) is 1.55. The smallest absolute Gasteiger partial charge is 0.220 e. The van der Waals surface area contributed by atoms with E-state index in [4.69, 9.17) is 0 Å². The third-order valence-electron chi connectivity index (χ3n) is 1.55. The Morgan fingerprint density at radius 2 is 2.18 bits per heavy atom. The lowest BCUT2D eigenvalue weighted by Gasteiger charge is -1.99. The van der Waals surface area contributed by atoms with Gasteiger partial charge in [0, 0.05) is 13.5 Å². The monoisotopic (exact) mass is 153 g/mol. The van der Waals surface area contributed by atoms with Crippen LogP contribution in [0.15, 0.2) is 24.3 Å². The molecule has 0 aromatic carbocycles. The van der Waals surface area contributed by atoms with Gasteiger partial charge < -0.3 is 5.32 Å². The Balaban J connectivity index is 3.69. The molecule has 0 saturated carbocycles. The Morgan fingerprint density at radius 3 is 2.55 bits per heavy atom. The van der Waals surface area contributed by atoms with Gasteiger partial charge in [0.25, 0.3) is 0 Å². The summed E-state index contributed by atoms with van der Waals surface area (Å²) in [6.45, 7) is 5.58. The zero-order valence-corrected chi connectivity index (χ0v) is 7.18. The van der Waals surface area contributed by atoms with Crippen LogP contribution in [-0.2, 0) is 4.79 Å². The molecule has 11 heavy (non-hydrogen) atoms. The van der Waals surface area contributed by atoms with Crippen molar-refractivity contribution in [3.05, 3.63) is 24.3 Å². The van der Waals surface area contributed by atoms with Crippen LogP contribution >= 0.6 is 0 Å². The summed E-state index contributed by atoms with van der Waals surface area (Å²) in [5, 5.41) is 2.57. The second-order valence-electron chi connectivity index (χ2n) is 2.24. The second-order valence-corrected chi connectivity index (χ2v) is 2.24. The Morgan fingerprint density at radius 1 is 1.55 bits per heavy atom. The summed E-state index contributed by atoms with van der Waals surface area (Å²) in [5.74, 6) is 0.0752. The molecular weight excluding hydrogens is 138 g/mol. The van der Waals surface area contributed by atoms with Crippen molar-refractivity contribution >= 4 is 5.91 Å². The summed E-state index contributed by atoms with van der Waals surface area (Å²) in [4.78, 5) is 10.8. The van der Waals surface area contributed by atoms with Gasteiger partial charge in [-0.25, -0.2) is 0 Å². The Kier molecular flexibility index (Phi) is 5.17. The van der Waals surface area contributed by atoms with Gasteiger partial charge in [-0.1, -0.05) is 24.3 Å². The molecule has 0 rings (SSSR count). The van der Waals surface area contributed by atoms with Gasteiger partial charge in [0.2, 0.25) is 5.91 Å². The van der Waals surface area contributed by atoms with Crippen molar-refractivity contribution in [2.75, 3.05) is 7.05 Å². The van der Waals surface area contributed by atoms with Gasteiger partial charge in [-0.2, -0.15) is 0 Å². The molecule has 0 saturated heterocycles. The highest BCUT2D eigenvalue weighted by atomic mass is 16.1. The van der Waals surface area contributed by atoms with Crippen molar-refractivity contribution in [2.24, 2.45) is 0 Å². The molecule has 1 amide bonds. The predicted octanol–water partition coefficient (Wildman–Crippen LogP) is 1.64. The Hall–Kier alpha value is -1.05. The van der Waals surface area contributed by atoms with E-state index < -0.39 is 0 Å². The van der Waals surface area contributed by atoms with E-state index in [0.29, 0.717) is 6.42 Å². The van der Waals surface area contributed by atoms with Gasteiger partial charge in [0.1, 0.15) is 0 Å². The average molecular weight is 153 g/mol. The molecule has 62 valence electrons. The maximum Gasteiger partial charge on any atom is 0.220 e. The summed E-state index contributed by atoms with van der Waals surface area (Å²) < 4.78 is 0. The van der Waals surface area contributed by atoms with E-state index in [0.717, 1.165) is 12.0 Å². The van der Waals surface area contributed by atoms with Crippen LogP contribution in [0.4, 0.5) is 0 Å². The van der Waals surface area contributed by atoms with Crippen molar-refractivity contribution in [3.8, 4) is 0 Å². The first-order valence-electron chi connectivity index (χ1n) is 3.72. The maximum absolute atomic E-state index is 10.8. The van der Waals surface area contributed by atoms with Crippen molar-refractivity contribution in [2.45, 2.75) is 19.8 Å². The van der Waals surface area contributed by atoms with Gasteiger partial charge in [0.15, 0.2) is 0 Å². The van der Waals surface area contributed by atoms with Crippen LogP contribution in [0.5, 0.6) is 0 Å². The lowest BCUT2D eigenvalue weighted by atomic mass is 10.1. The van der Waals surface area contributed by atoms with Crippen LogP contribution in [0.25, 0.3) is 0 Å². The normalized spacial score (nSPS) is 10.9. The maximum atomic E-state index is 10.8. The van der Waals surface area contributed by atoms with E-state index >= 15 is 0 Å². The van der Waals surface area contributed by atoms with Gasteiger partial charge >= 0.3 is 0 Å². The van der Waals surface area contributed by atoms with Crippen LogP contribution in [0.3, 0.4) is 0 Å². The quantitative estimate of drug-likeness (QED) is 0.611. The fourth-order valence-corrected chi connectivity index (χ4v) is 0.747. The van der Waals surface area contributed by atoms with Gasteiger partial charge in [-0.3, -0.25) is 4.79 Å². The van der Waals surface area contributed by atoms with E-state index in [2.05, 4.69) is 11.9 Å². The average Bonchev–Trinajstić information content (AvgIpc) is 2.06. The van der Waals surface area contributed by atoms with Gasteiger partial charge in [-0.05, 0) is 13.3 Å². The molecule has 0 aromatic rings. The molecule has 0 bridgehead atoms. The predicted molar refractivity (Wildman–Crippen MR) is 47.3 cm³/mol. The van der Waals surface area contributed by atoms with Crippen LogP contribution in [-0.4, -0.2) is 13.0 Å². The number of rotatable bonds is 4. The number of allylic oxidation sites excluding steroid dienone is 3. The molecule has 2 nitrogen and oxygen atoms in total. The fraction of sp³-hybridized carbons (Fsp3) is 0.444.